The number of carbonyl (C=O) groups is 3. The van der Waals surface area contributed by atoms with Gasteiger partial charge in [-0.1, -0.05) is 19.1 Å². The van der Waals surface area contributed by atoms with Gasteiger partial charge in [0, 0.05) is 11.3 Å². The standard InChI is InChI=1S/C16H19NO4/c1-9-6-13(14(7-9)16(20)21)15(19)17-12-5-3-4-11(8-12)10(2)18/h3-5,8-9,13-14H,6-7H2,1-2H3,(H,17,19)(H,20,21). The zero-order valence-electron chi connectivity index (χ0n) is 12.1. The van der Waals surface area contributed by atoms with Crippen molar-refractivity contribution in [3.05, 3.63) is 29.8 Å². The van der Waals surface area contributed by atoms with Crippen LogP contribution in [0.15, 0.2) is 24.3 Å². The summed E-state index contributed by atoms with van der Waals surface area (Å²) in [4.78, 5) is 34.9. The molecule has 1 amide bonds. The molecule has 3 unspecified atom stereocenters. The Balaban J connectivity index is 2.12. The molecule has 0 bridgehead atoms. The van der Waals surface area contributed by atoms with E-state index in [9.17, 15) is 19.5 Å². The van der Waals surface area contributed by atoms with Crippen molar-refractivity contribution in [3.8, 4) is 0 Å². The number of carboxylic acid groups (broad SMARTS) is 1. The van der Waals surface area contributed by atoms with Gasteiger partial charge in [-0.2, -0.15) is 0 Å². The minimum Gasteiger partial charge on any atom is -0.481 e. The number of amides is 1. The van der Waals surface area contributed by atoms with Gasteiger partial charge < -0.3 is 10.4 Å². The predicted octanol–water partition coefficient (Wildman–Crippen LogP) is 2.57. The first kappa shape index (κ1) is 15.2. The maximum Gasteiger partial charge on any atom is 0.307 e. The van der Waals surface area contributed by atoms with Crippen molar-refractivity contribution in [1.82, 2.24) is 0 Å². The Morgan fingerprint density at radius 2 is 1.86 bits per heavy atom. The average Bonchev–Trinajstić information content (AvgIpc) is 2.81. The van der Waals surface area contributed by atoms with Gasteiger partial charge in [-0.25, -0.2) is 0 Å². The van der Waals surface area contributed by atoms with Crippen LogP contribution >= 0.6 is 0 Å². The van der Waals surface area contributed by atoms with Crippen LogP contribution in [0.5, 0.6) is 0 Å². The van der Waals surface area contributed by atoms with E-state index in [4.69, 9.17) is 0 Å². The second-order valence-corrected chi connectivity index (χ2v) is 5.75. The molecule has 1 aliphatic carbocycles. The van der Waals surface area contributed by atoms with E-state index < -0.39 is 17.8 Å². The Morgan fingerprint density at radius 3 is 2.48 bits per heavy atom. The van der Waals surface area contributed by atoms with Crippen molar-refractivity contribution in [2.24, 2.45) is 17.8 Å². The van der Waals surface area contributed by atoms with Gasteiger partial charge in [-0.15, -0.1) is 0 Å². The number of nitrogens with one attached hydrogen (secondary N) is 1. The molecule has 0 radical (unpaired) electrons. The minimum atomic E-state index is -0.919. The first-order valence-electron chi connectivity index (χ1n) is 7.03. The van der Waals surface area contributed by atoms with Crippen LogP contribution in [-0.4, -0.2) is 22.8 Å². The van der Waals surface area contributed by atoms with Crippen LogP contribution in [-0.2, 0) is 9.59 Å². The van der Waals surface area contributed by atoms with E-state index in [0.29, 0.717) is 24.1 Å². The largest absolute Gasteiger partial charge is 0.481 e. The number of ketones is 1. The first-order chi connectivity index (χ1) is 9.88. The minimum absolute atomic E-state index is 0.0796. The number of aliphatic carboxylic acids is 1. The highest BCUT2D eigenvalue weighted by Gasteiger charge is 2.41. The first-order valence-corrected chi connectivity index (χ1v) is 7.03. The monoisotopic (exact) mass is 289 g/mol. The Labute approximate surface area is 123 Å². The van der Waals surface area contributed by atoms with Crippen LogP contribution in [0.25, 0.3) is 0 Å². The lowest BCUT2D eigenvalue weighted by Crippen LogP contribution is -2.30. The number of benzene rings is 1. The zero-order valence-corrected chi connectivity index (χ0v) is 12.1. The fourth-order valence-electron chi connectivity index (χ4n) is 2.91. The second kappa shape index (κ2) is 6.08. The van der Waals surface area contributed by atoms with Crippen LogP contribution in [0.2, 0.25) is 0 Å². The molecule has 21 heavy (non-hydrogen) atoms. The van der Waals surface area contributed by atoms with E-state index in [1.165, 1.54) is 6.92 Å². The fourth-order valence-corrected chi connectivity index (χ4v) is 2.91. The highest BCUT2D eigenvalue weighted by molar-refractivity contribution is 5.98. The van der Waals surface area contributed by atoms with Gasteiger partial charge in [0.2, 0.25) is 5.91 Å². The third kappa shape index (κ3) is 3.48. The third-order valence-electron chi connectivity index (χ3n) is 3.99. The van der Waals surface area contributed by atoms with Crippen molar-refractivity contribution in [2.75, 3.05) is 5.32 Å². The Hall–Kier alpha value is -2.17. The number of Topliss-reactive ketones (excluding diaryl/α,β-unsaturated/α-hetero) is 1. The molecule has 1 aliphatic rings. The highest BCUT2D eigenvalue weighted by Crippen LogP contribution is 2.37. The molecule has 112 valence electrons. The van der Waals surface area contributed by atoms with Crippen molar-refractivity contribution in [2.45, 2.75) is 26.7 Å². The molecule has 1 fully saturated rings. The van der Waals surface area contributed by atoms with Crippen molar-refractivity contribution in [3.63, 3.8) is 0 Å². The molecule has 5 heteroatoms. The van der Waals surface area contributed by atoms with Crippen LogP contribution < -0.4 is 5.32 Å². The predicted molar refractivity (Wildman–Crippen MR) is 78.1 cm³/mol. The number of carbonyl (C=O) groups excluding carboxylic acids is 2. The van der Waals surface area contributed by atoms with E-state index in [-0.39, 0.29) is 17.6 Å². The lowest BCUT2D eigenvalue weighted by molar-refractivity contribution is -0.145. The van der Waals surface area contributed by atoms with E-state index in [1.54, 1.807) is 24.3 Å². The Morgan fingerprint density at radius 1 is 1.19 bits per heavy atom. The maximum atomic E-state index is 12.3. The van der Waals surface area contributed by atoms with E-state index in [2.05, 4.69) is 5.32 Å². The van der Waals surface area contributed by atoms with E-state index in [0.717, 1.165) is 0 Å². The third-order valence-corrected chi connectivity index (χ3v) is 3.99. The van der Waals surface area contributed by atoms with Crippen molar-refractivity contribution >= 4 is 23.3 Å². The normalized spacial score (nSPS) is 24.6. The molecule has 0 aromatic heterocycles. The van der Waals surface area contributed by atoms with Gasteiger partial charge in [0.15, 0.2) is 5.78 Å². The van der Waals surface area contributed by atoms with Gasteiger partial charge in [0.25, 0.3) is 0 Å². The summed E-state index contributed by atoms with van der Waals surface area (Å²) in [5.74, 6) is -2.20. The smallest absolute Gasteiger partial charge is 0.307 e. The van der Waals surface area contributed by atoms with E-state index in [1.807, 2.05) is 6.92 Å². The molecular formula is C16H19NO4. The molecule has 3 atom stereocenters. The quantitative estimate of drug-likeness (QED) is 0.834. The maximum absolute atomic E-state index is 12.3. The second-order valence-electron chi connectivity index (χ2n) is 5.75. The summed E-state index contributed by atoms with van der Waals surface area (Å²) in [7, 11) is 0. The zero-order chi connectivity index (χ0) is 15.6. The molecule has 1 saturated carbocycles. The summed E-state index contributed by atoms with van der Waals surface area (Å²) in [6, 6.07) is 6.67. The number of rotatable bonds is 4. The summed E-state index contributed by atoms with van der Waals surface area (Å²) in [5.41, 5.74) is 1.04. The summed E-state index contributed by atoms with van der Waals surface area (Å²) in [5, 5.41) is 11.9. The molecule has 0 spiro atoms. The molecule has 0 saturated heterocycles. The fraction of sp³-hybridized carbons (Fsp3) is 0.438. The Bertz CT molecular complexity index is 581. The van der Waals surface area contributed by atoms with Gasteiger partial charge in [0.05, 0.1) is 11.8 Å². The molecule has 2 N–H and O–H groups in total. The number of anilines is 1. The molecular weight excluding hydrogens is 270 g/mol. The summed E-state index contributed by atoms with van der Waals surface area (Å²) >= 11 is 0. The molecule has 1 aromatic rings. The van der Waals surface area contributed by atoms with Crippen LogP contribution in [0.1, 0.15) is 37.0 Å². The van der Waals surface area contributed by atoms with Crippen LogP contribution in [0, 0.1) is 17.8 Å². The molecule has 5 nitrogen and oxygen atoms in total. The summed E-state index contributed by atoms with van der Waals surface area (Å²) in [6.45, 7) is 3.42. The van der Waals surface area contributed by atoms with Crippen LogP contribution in [0.4, 0.5) is 5.69 Å². The summed E-state index contributed by atoms with van der Waals surface area (Å²) < 4.78 is 0. The average molecular weight is 289 g/mol. The molecule has 2 rings (SSSR count). The topological polar surface area (TPSA) is 83.5 Å². The van der Waals surface area contributed by atoms with Gasteiger partial charge in [-0.3, -0.25) is 14.4 Å². The summed E-state index contributed by atoms with van der Waals surface area (Å²) in [6.07, 6.45) is 1.11. The number of carboxylic acids is 1. The SMILES string of the molecule is CC(=O)c1cccc(NC(=O)C2CC(C)CC2C(=O)O)c1. The Kier molecular flexibility index (Phi) is 4.40. The number of hydrogen-bond acceptors (Lipinski definition) is 3. The lowest BCUT2D eigenvalue weighted by Gasteiger charge is -2.15. The van der Waals surface area contributed by atoms with Gasteiger partial charge in [-0.05, 0) is 37.8 Å². The molecule has 1 aromatic carbocycles. The van der Waals surface area contributed by atoms with Gasteiger partial charge in [0.1, 0.15) is 0 Å². The van der Waals surface area contributed by atoms with Crippen molar-refractivity contribution < 1.29 is 19.5 Å². The molecule has 0 aliphatic heterocycles. The lowest BCUT2D eigenvalue weighted by atomic mass is 9.95. The van der Waals surface area contributed by atoms with Crippen LogP contribution in [0.3, 0.4) is 0 Å². The van der Waals surface area contributed by atoms with E-state index >= 15 is 0 Å². The van der Waals surface area contributed by atoms with Crippen molar-refractivity contribution in [1.29, 1.82) is 0 Å². The highest BCUT2D eigenvalue weighted by atomic mass is 16.4. The van der Waals surface area contributed by atoms with Gasteiger partial charge >= 0.3 is 5.97 Å². The number of hydrogen-bond donors (Lipinski definition) is 2. The molecule has 0 heterocycles.